The summed E-state index contributed by atoms with van der Waals surface area (Å²) in [4.78, 5) is 30.9. The van der Waals surface area contributed by atoms with Crippen LogP contribution in [0.25, 0.3) is 0 Å². The average Bonchev–Trinajstić information content (AvgIpc) is 3.29. The van der Waals surface area contributed by atoms with E-state index < -0.39 is 6.03 Å². The number of hydrogen-bond donors (Lipinski definition) is 1. The summed E-state index contributed by atoms with van der Waals surface area (Å²) in [5.74, 6) is 0.0402. The molecule has 2 aromatic carbocycles. The van der Waals surface area contributed by atoms with Crippen molar-refractivity contribution in [2.45, 2.75) is 26.9 Å². The molecular formula is C25H27Cl2N3O2S. The number of amides is 3. The maximum absolute atomic E-state index is 13.4. The predicted octanol–water partition coefficient (Wildman–Crippen LogP) is 6.77. The Morgan fingerprint density at radius 3 is 2.21 bits per heavy atom. The predicted molar refractivity (Wildman–Crippen MR) is 137 cm³/mol. The lowest BCUT2D eigenvalue weighted by atomic mass is 10.2. The van der Waals surface area contributed by atoms with Crippen molar-refractivity contribution in [1.29, 1.82) is 0 Å². The van der Waals surface area contributed by atoms with E-state index in [1.807, 2.05) is 61.7 Å². The van der Waals surface area contributed by atoms with Gasteiger partial charge in [-0.3, -0.25) is 4.79 Å². The smallest absolute Gasteiger partial charge is 0.322 e. The summed E-state index contributed by atoms with van der Waals surface area (Å²) < 4.78 is 0. The van der Waals surface area contributed by atoms with Crippen molar-refractivity contribution in [3.8, 4) is 0 Å². The van der Waals surface area contributed by atoms with E-state index in [1.165, 1.54) is 4.90 Å². The van der Waals surface area contributed by atoms with Crippen LogP contribution in [0.3, 0.4) is 0 Å². The normalized spacial score (nSPS) is 10.8. The van der Waals surface area contributed by atoms with E-state index in [0.29, 0.717) is 35.4 Å². The summed E-state index contributed by atoms with van der Waals surface area (Å²) in [6, 6.07) is 18.4. The minimum Gasteiger partial charge on any atom is -0.332 e. The summed E-state index contributed by atoms with van der Waals surface area (Å²) in [6.07, 6.45) is 0. The van der Waals surface area contributed by atoms with Crippen LogP contribution in [0, 0.1) is 5.92 Å². The van der Waals surface area contributed by atoms with Crippen LogP contribution in [-0.2, 0) is 17.9 Å². The molecule has 0 aliphatic heterocycles. The van der Waals surface area contributed by atoms with Crippen LogP contribution in [0.1, 0.15) is 24.3 Å². The van der Waals surface area contributed by atoms with Crippen molar-refractivity contribution in [3.63, 3.8) is 0 Å². The molecule has 0 spiro atoms. The van der Waals surface area contributed by atoms with Gasteiger partial charge in [0, 0.05) is 18.0 Å². The number of halogens is 2. The van der Waals surface area contributed by atoms with Crippen LogP contribution < -0.4 is 5.32 Å². The van der Waals surface area contributed by atoms with Crippen LogP contribution in [0.15, 0.2) is 66.0 Å². The second-order valence-corrected chi connectivity index (χ2v) is 9.96. The van der Waals surface area contributed by atoms with Gasteiger partial charge in [-0.2, -0.15) is 0 Å². The Hall–Kier alpha value is -2.54. The molecule has 3 rings (SSSR count). The molecule has 0 aliphatic carbocycles. The standard InChI is InChI=1S/C25H27Cl2N3O2S/c1-18(2)14-30(25(32)28-24-21(26)11-6-12-22(24)27)17-23(31)29(16-20-10-7-13-33-20)15-19-8-4-3-5-9-19/h3-13,18H,14-17H2,1-2H3,(H,28,32). The summed E-state index contributed by atoms with van der Waals surface area (Å²) in [5.41, 5.74) is 1.37. The molecular weight excluding hydrogens is 477 g/mol. The molecule has 174 valence electrons. The van der Waals surface area contributed by atoms with Crippen LogP contribution in [0.2, 0.25) is 10.0 Å². The van der Waals surface area contributed by atoms with Crippen LogP contribution in [0.4, 0.5) is 10.5 Å². The number of urea groups is 1. The van der Waals surface area contributed by atoms with Gasteiger partial charge in [0.2, 0.25) is 5.91 Å². The highest BCUT2D eigenvalue weighted by Crippen LogP contribution is 2.30. The quantitative estimate of drug-likeness (QED) is 0.350. The van der Waals surface area contributed by atoms with E-state index in [9.17, 15) is 9.59 Å². The third kappa shape index (κ3) is 7.49. The lowest BCUT2D eigenvalue weighted by Crippen LogP contribution is -2.45. The number of anilines is 1. The number of benzene rings is 2. The maximum atomic E-state index is 13.4. The zero-order chi connectivity index (χ0) is 23.8. The monoisotopic (exact) mass is 503 g/mol. The minimum absolute atomic E-state index is 0.0513. The Balaban J connectivity index is 1.78. The van der Waals surface area contributed by atoms with Crippen molar-refractivity contribution in [3.05, 3.63) is 86.5 Å². The Bertz CT molecular complexity index is 1040. The van der Waals surface area contributed by atoms with Gasteiger partial charge in [0.25, 0.3) is 0 Å². The Kier molecular flexibility index (Phi) is 9.18. The Morgan fingerprint density at radius 2 is 1.61 bits per heavy atom. The number of thiophene rings is 1. The molecule has 0 aliphatic rings. The number of carbonyl (C=O) groups excluding carboxylic acids is 2. The molecule has 0 atom stereocenters. The summed E-state index contributed by atoms with van der Waals surface area (Å²) >= 11 is 14.0. The van der Waals surface area contributed by atoms with Gasteiger partial charge in [0.15, 0.2) is 0 Å². The second kappa shape index (κ2) is 12.1. The van der Waals surface area contributed by atoms with Crippen LogP contribution in [-0.4, -0.2) is 34.8 Å². The molecule has 0 unspecified atom stereocenters. The third-order valence-electron chi connectivity index (χ3n) is 4.89. The summed E-state index contributed by atoms with van der Waals surface area (Å²) in [7, 11) is 0. The van der Waals surface area contributed by atoms with Gasteiger partial charge in [-0.1, -0.05) is 79.5 Å². The first kappa shape index (κ1) is 25.1. The number of nitrogens with zero attached hydrogens (tertiary/aromatic N) is 2. The topological polar surface area (TPSA) is 52.7 Å². The highest BCUT2D eigenvalue weighted by Gasteiger charge is 2.24. The van der Waals surface area contributed by atoms with Gasteiger partial charge in [-0.25, -0.2) is 4.79 Å². The lowest BCUT2D eigenvalue weighted by Gasteiger charge is -2.29. The van der Waals surface area contributed by atoms with Gasteiger partial charge in [-0.05, 0) is 35.1 Å². The van der Waals surface area contributed by atoms with E-state index in [0.717, 1.165) is 10.4 Å². The van der Waals surface area contributed by atoms with Crippen molar-refractivity contribution < 1.29 is 9.59 Å². The highest BCUT2D eigenvalue weighted by atomic mass is 35.5. The summed E-state index contributed by atoms with van der Waals surface area (Å²) in [5, 5.41) is 5.46. The van der Waals surface area contributed by atoms with Crippen molar-refractivity contribution >= 4 is 52.2 Å². The molecule has 3 amide bonds. The SMILES string of the molecule is CC(C)CN(CC(=O)N(Cc1ccccc1)Cc1cccs1)C(=O)Nc1c(Cl)cccc1Cl. The Labute approximate surface area is 208 Å². The van der Waals surface area contributed by atoms with Gasteiger partial charge < -0.3 is 15.1 Å². The number of rotatable bonds is 9. The van der Waals surface area contributed by atoms with Gasteiger partial charge in [-0.15, -0.1) is 11.3 Å². The van der Waals surface area contributed by atoms with Gasteiger partial charge in [0.1, 0.15) is 6.54 Å². The number of hydrogen-bond acceptors (Lipinski definition) is 3. The maximum Gasteiger partial charge on any atom is 0.322 e. The van der Waals surface area contributed by atoms with Gasteiger partial charge >= 0.3 is 6.03 Å². The molecule has 0 saturated heterocycles. The fourth-order valence-corrected chi connectivity index (χ4v) is 4.56. The van der Waals surface area contributed by atoms with Crippen molar-refractivity contribution in [1.82, 2.24) is 9.80 Å². The lowest BCUT2D eigenvalue weighted by molar-refractivity contribution is -0.133. The fourth-order valence-electron chi connectivity index (χ4n) is 3.35. The molecule has 3 aromatic rings. The number of nitrogens with one attached hydrogen (secondary N) is 1. The molecule has 8 heteroatoms. The zero-order valence-corrected chi connectivity index (χ0v) is 21.0. The largest absolute Gasteiger partial charge is 0.332 e. The van der Waals surface area contributed by atoms with E-state index in [4.69, 9.17) is 23.2 Å². The van der Waals surface area contributed by atoms with E-state index in [2.05, 4.69) is 5.32 Å². The van der Waals surface area contributed by atoms with Gasteiger partial charge in [0.05, 0.1) is 22.3 Å². The first-order valence-corrected chi connectivity index (χ1v) is 12.3. The molecule has 0 bridgehead atoms. The summed E-state index contributed by atoms with van der Waals surface area (Å²) in [6.45, 7) is 5.31. The zero-order valence-electron chi connectivity index (χ0n) is 18.6. The number of carbonyl (C=O) groups is 2. The molecule has 1 N–H and O–H groups in total. The molecule has 0 saturated carbocycles. The molecule has 0 radical (unpaired) electrons. The van der Waals surface area contributed by atoms with Crippen molar-refractivity contribution in [2.75, 3.05) is 18.4 Å². The van der Waals surface area contributed by atoms with Crippen LogP contribution in [0.5, 0.6) is 0 Å². The van der Waals surface area contributed by atoms with E-state index in [1.54, 1.807) is 34.4 Å². The number of para-hydroxylation sites is 1. The molecule has 1 aromatic heterocycles. The Morgan fingerprint density at radius 1 is 0.909 bits per heavy atom. The fraction of sp³-hybridized carbons (Fsp3) is 0.280. The first-order valence-electron chi connectivity index (χ1n) is 10.7. The highest BCUT2D eigenvalue weighted by molar-refractivity contribution is 7.09. The molecule has 0 fully saturated rings. The van der Waals surface area contributed by atoms with E-state index >= 15 is 0 Å². The minimum atomic E-state index is -0.414. The third-order valence-corrected chi connectivity index (χ3v) is 6.38. The van der Waals surface area contributed by atoms with Crippen LogP contribution >= 0.6 is 34.5 Å². The molecule has 1 heterocycles. The second-order valence-electron chi connectivity index (χ2n) is 8.12. The van der Waals surface area contributed by atoms with E-state index in [-0.39, 0.29) is 18.4 Å². The van der Waals surface area contributed by atoms with Crippen molar-refractivity contribution in [2.24, 2.45) is 5.92 Å². The molecule has 33 heavy (non-hydrogen) atoms. The first-order chi connectivity index (χ1) is 15.8. The molecule has 5 nitrogen and oxygen atoms in total. The average molecular weight is 504 g/mol.